The van der Waals surface area contributed by atoms with E-state index in [0.29, 0.717) is 0 Å². The molecule has 0 amide bonds. The predicted octanol–water partition coefficient (Wildman–Crippen LogP) is 4.33. The van der Waals surface area contributed by atoms with E-state index < -0.39 is 33.9 Å². The molecule has 0 aliphatic carbocycles. The van der Waals surface area contributed by atoms with E-state index in [1.54, 1.807) is 0 Å². The smallest absolute Gasteiger partial charge is 0.264 e. The highest BCUT2D eigenvalue weighted by Gasteiger charge is 2.76. The fourth-order valence-electron chi connectivity index (χ4n) is 0.615. The van der Waals surface area contributed by atoms with E-state index in [1.165, 1.54) is 0 Å². The van der Waals surface area contributed by atoms with Gasteiger partial charge in [-0.1, -0.05) is 11.6 Å². The Morgan fingerprint density at radius 1 is 0.800 bits per heavy atom. The molecule has 2 unspecified atom stereocenters. The molecule has 0 radical (unpaired) electrons. The Labute approximate surface area is 118 Å². The average molecular weight is 381 g/mol. The minimum atomic E-state index is -6.38. The van der Waals surface area contributed by atoms with Crippen molar-refractivity contribution in [3.05, 3.63) is 0 Å². The first kappa shape index (κ1) is 19.9. The van der Waals surface area contributed by atoms with E-state index in [2.05, 4.69) is 39.5 Å². The summed E-state index contributed by atoms with van der Waals surface area (Å²) < 4.78 is 115. The van der Waals surface area contributed by atoms with E-state index in [1.807, 2.05) is 0 Å². The predicted molar refractivity (Wildman–Crippen MR) is 47.3 cm³/mol. The molecule has 0 spiro atoms. The average Bonchev–Trinajstić information content (AvgIpc) is 2.12. The van der Waals surface area contributed by atoms with Crippen molar-refractivity contribution in [2.75, 3.05) is 0 Å². The van der Waals surface area contributed by atoms with Crippen molar-refractivity contribution in [2.24, 2.45) is 0 Å². The van der Waals surface area contributed by atoms with Gasteiger partial charge in [0.25, 0.3) is 0 Å². The van der Waals surface area contributed by atoms with Crippen molar-refractivity contribution >= 4 is 40.8 Å². The third kappa shape index (κ3) is 3.37. The van der Waals surface area contributed by atoms with Crippen LogP contribution in [0.4, 0.5) is 39.5 Å². The molecule has 0 aromatic heterocycles. The van der Waals surface area contributed by atoms with Gasteiger partial charge < -0.3 is 0 Å². The van der Waals surface area contributed by atoms with Crippen LogP contribution in [0.5, 0.6) is 0 Å². The second kappa shape index (κ2) is 5.25. The molecular formula is C6Cl3F9O2. The summed E-state index contributed by atoms with van der Waals surface area (Å²) in [6, 6.07) is -3.96. The largest absolute Gasteiger partial charge is 0.414 e. The van der Waals surface area contributed by atoms with Gasteiger partial charge in [0, 0.05) is 0 Å². The zero-order valence-electron chi connectivity index (χ0n) is 8.35. The highest BCUT2D eigenvalue weighted by Crippen LogP contribution is 2.53. The lowest BCUT2D eigenvalue weighted by atomic mass is 10.3. The van der Waals surface area contributed by atoms with Crippen LogP contribution in [0.2, 0.25) is 0 Å². The summed E-state index contributed by atoms with van der Waals surface area (Å²) >= 11 is 11.6. The topological polar surface area (TPSA) is 26.3 Å². The fourth-order valence-corrected chi connectivity index (χ4v) is 0.877. The third-order valence-electron chi connectivity index (χ3n) is 1.61. The Hall–Kier alpha value is -0.130. The molecule has 2 nitrogen and oxygen atoms in total. The van der Waals surface area contributed by atoms with Crippen molar-refractivity contribution in [3.63, 3.8) is 0 Å². The van der Waals surface area contributed by atoms with Gasteiger partial charge in [0.1, 0.15) is 0 Å². The van der Waals surface area contributed by atoms with Gasteiger partial charge >= 0.3 is 33.9 Å². The highest BCUT2D eigenvalue weighted by atomic mass is 35.5. The molecule has 0 bridgehead atoms. The first-order chi connectivity index (χ1) is 8.40. The van der Waals surface area contributed by atoms with Crippen molar-refractivity contribution < 1.29 is 49.0 Å². The van der Waals surface area contributed by atoms with Gasteiger partial charge in [-0.3, -0.25) is 9.53 Å². The third-order valence-corrected chi connectivity index (χ3v) is 2.67. The molecule has 0 aromatic carbocycles. The molecule has 0 rings (SSSR count). The van der Waals surface area contributed by atoms with Gasteiger partial charge in [-0.25, -0.2) is 4.39 Å². The van der Waals surface area contributed by atoms with Gasteiger partial charge in [0.2, 0.25) is 0 Å². The summed E-state index contributed by atoms with van der Waals surface area (Å²) in [7, 11) is 0. The molecule has 2 atom stereocenters. The van der Waals surface area contributed by atoms with Crippen LogP contribution in [-0.4, -0.2) is 33.9 Å². The number of alkyl halides is 11. The van der Waals surface area contributed by atoms with Gasteiger partial charge in [0.05, 0.1) is 0 Å². The molecule has 0 saturated heterocycles. The normalized spacial score (nSPS) is 20.2. The Kier molecular flexibility index (Phi) is 5.22. The lowest BCUT2D eigenvalue weighted by Crippen LogP contribution is -2.60. The highest BCUT2D eigenvalue weighted by molar-refractivity contribution is 6.33. The first-order valence-corrected chi connectivity index (χ1v) is 5.01. The van der Waals surface area contributed by atoms with Crippen LogP contribution in [-0.2, 0) is 9.53 Å². The van der Waals surface area contributed by atoms with Gasteiger partial charge in [-0.2, -0.15) is 35.1 Å². The molecule has 0 aliphatic rings. The van der Waals surface area contributed by atoms with Crippen LogP contribution < -0.4 is 0 Å². The second-order valence-corrected chi connectivity index (χ2v) is 4.53. The van der Waals surface area contributed by atoms with E-state index >= 15 is 0 Å². The van der Waals surface area contributed by atoms with Crippen LogP contribution in [0.1, 0.15) is 0 Å². The van der Waals surface area contributed by atoms with Crippen molar-refractivity contribution in [2.45, 2.75) is 27.9 Å². The minimum Gasteiger partial charge on any atom is -0.264 e. The van der Waals surface area contributed by atoms with Crippen molar-refractivity contribution in [1.82, 2.24) is 0 Å². The summed E-state index contributed by atoms with van der Waals surface area (Å²) in [6.45, 7) is 0. The molecule has 0 aromatic rings. The van der Waals surface area contributed by atoms with Crippen molar-refractivity contribution in [3.8, 4) is 0 Å². The number of rotatable bonds is 6. The van der Waals surface area contributed by atoms with Gasteiger partial charge in [-0.15, -0.1) is 0 Å². The fraction of sp³-hybridized carbons (Fsp3) is 0.833. The molecule has 120 valence electrons. The Bertz CT molecular complexity index is 390. The number of carbonyl (C=O) groups is 1. The maximum Gasteiger partial charge on any atom is 0.414 e. The number of hydrogen-bond acceptors (Lipinski definition) is 2. The zero-order chi connectivity index (χ0) is 16.8. The van der Waals surface area contributed by atoms with Crippen molar-refractivity contribution in [1.29, 1.82) is 0 Å². The number of hydrogen-bond donors (Lipinski definition) is 0. The Morgan fingerprint density at radius 3 is 1.35 bits per heavy atom. The monoisotopic (exact) mass is 380 g/mol. The summed E-state index contributed by atoms with van der Waals surface area (Å²) in [5.74, 6) is -5.99. The Morgan fingerprint density at radius 2 is 1.15 bits per heavy atom. The number of carbonyl (C=O) groups excluding carboxylic acids is 1. The summed E-state index contributed by atoms with van der Waals surface area (Å²) in [6.07, 6.45) is -6.38. The van der Waals surface area contributed by atoms with Crippen LogP contribution in [0.15, 0.2) is 0 Å². The van der Waals surface area contributed by atoms with Crippen LogP contribution in [0.3, 0.4) is 0 Å². The quantitative estimate of drug-likeness (QED) is 0.389. The first-order valence-electron chi connectivity index (χ1n) is 3.88. The molecule has 0 aliphatic heterocycles. The summed E-state index contributed by atoms with van der Waals surface area (Å²) in [4.78, 5) is 9.92. The van der Waals surface area contributed by atoms with Crippen LogP contribution in [0, 0.1) is 0 Å². The van der Waals surface area contributed by atoms with E-state index in [-0.39, 0.29) is 0 Å². The van der Waals surface area contributed by atoms with E-state index in [4.69, 9.17) is 0 Å². The second-order valence-electron chi connectivity index (χ2n) is 3.06. The standard InChI is InChI=1S/C6Cl3F9O2/c7-3(12,5(9,15)16)6(17,18)20-2(11,1(10)19)4(8,13)14. The lowest BCUT2D eigenvalue weighted by Gasteiger charge is -2.34. The maximum atomic E-state index is 13.0. The maximum absolute atomic E-state index is 13.0. The molecule has 0 N–H and O–H groups in total. The van der Waals surface area contributed by atoms with E-state index in [0.717, 1.165) is 0 Å². The molecule has 20 heavy (non-hydrogen) atoms. The SMILES string of the molecule is O=C(F)C(F)(OC(F)(F)C(F)(Cl)C(F)(F)Cl)C(F)(F)Cl. The van der Waals surface area contributed by atoms with Gasteiger partial charge in [-0.05, 0) is 23.2 Å². The molecular weight excluding hydrogens is 381 g/mol. The Balaban J connectivity index is 5.73. The summed E-state index contributed by atoms with van der Waals surface area (Å²) in [5, 5.41) is -17.3. The zero-order valence-corrected chi connectivity index (χ0v) is 10.6. The number of ether oxygens (including phenoxy) is 1. The van der Waals surface area contributed by atoms with Crippen LogP contribution >= 0.6 is 34.8 Å². The lowest BCUT2D eigenvalue weighted by molar-refractivity contribution is -0.391. The minimum absolute atomic E-state index is 2.16. The molecule has 0 saturated carbocycles. The molecule has 0 fully saturated rings. The van der Waals surface area contributed by atoms with Gasteiger partial charge in [0.15, 0.2) is 0 Å². The molecule has 14 heteroatoms. The summed E-state index contributed by atoms with van der Waals surface area (Å²) in [5.41, 5.74) is 0. The van der Waals surface area contributed by atoms with Crippen LogP contribution in [0.25, 0.3) is 0 Å². The van der Waals surface area contributed by atoms with E-state index in [9.17, 15) is 44.3 Å². The molecule has 0 heterocycles. The number of halogens is 12.